The summed E-state index contributed by atoms with van der Waals surface area (Å²) < 4.78 is 5.02. The van der Waals surface area contributed by atoms with E-state index in [1.165, 1.54) is 0 Å². The standard InChI is InChI=1S/C9H11NO2/c1-12-8-6-4-2-3-5-7(6)10-9(8)11/h5H,2-4H2,1H3,(H,10,11). The molecule has 0 saturated carbocycles. The first kappa shape index (κ1) is 7.40. The molecular formula is C9H11NO2. The number of carbonyl (C=O) groups excluding carboxylic acids is 1. The molecule has 0 bridgehead atoms. The van der Waals surface area contributed by atoms with Crippen molar-refractivity contribution in [2.45, 2.75) is 19.3 Å². The fraction of sp³-hybridized carbons (Fsp3) is 0.444. The van der Waals surface area contributed by atoms with Crippen LogP contribution in [0.2, 0.25) is 0 Å². The van der Waals surface area contributed by atoms with E-state index in [1.54, 1.807) is 7.11 Å². The number of hydrogen-bond donors (Lipinski definition) is 1. The van der Waals surface area contributed by atoms with Gasteiger partial charge in [-0.25, -0.2) is 0 Å². The molecule has 0 spiro atoms. The second-order valence-electron chi connectivity index (χ2n) is 2.98. The first-order valence-electron chi connectivity index (χ1n) is 4.12. The van der Waals surface area contributed by atoms with Gasteiger partial charge < -0.3 is 10.1 Å². The third kappa shape index (κ3) is 0.932. The van der Waals surface area contributed by atoms with Crippen molar-refractivity contribution in [2.75, 3.05) is 7.11 Å². The topological polar surface area (TPSA) is 38.3 Å². The largest absolute Gasteiger partial charge is 0.491 e. The Bertz CT molecular complexity index is 289. The lowest BCUT2D eigenvalue weighted by molar-refractivity contribution is -0.119. The second-order valence-corrected chi connectivity index (χ2v) is 2.98. The Balaban J connectivity index is 2.42. The van der Waals surface area contributed by atoms with Gasteiger partial charge in [-0.2, -0.15) is 0 Å². The molecule has 0 aromatic heterocycles. The number of carbonyl (C=O) groups is 1. The van der Waals surface area contributed by atoms with Gasteiger partial charge in [-0.05, 0) is 19.3 Å². The maximum absolute atomic E-state index is 11.2. The summed E-state index contributed by atoms with van der Waals surface area (Å²) >= 11 is 0. The van der Waals surface area contributed by atoms with E-state index < -0.39 is 0 Å². The number of amides is 1. The molecule has 1 aliphatic heterocycles. The molecule has 2 aliphatic rings. The third-order valence-corrected chi connectivity index (χ3v) is 2.24. The second kappa shape index (κ2) is 2.66. The molecule has 3 nitrogen and oxygen atoms in total. The van der Waals surface area contributed by atoms with Crippen molar-refractivity contribution in [1.82, 2.24) is 5.32 Å². The van der Waals surface area contributed by atoms with E-state index in [0.717, 1.165) is 30.5 Å². The molecule has 0 fully saturated rings. The van der Waals surface area contributed by atoms with Crippen molar-refractivity contribution in [3.05, 3.63) is 23.1 Å². The highest BCUT2D eigenvalue weighted by molar-refractivity contribution is 5.98. The van der Waals surface area contributed by atoms with Crippen LogP contribution in [0.3, 0.4) is 0 Å². The van der Waals surface area contributed by atoms with E-state index >= 15 is 0 Å². The molecule has 1 amide bonds. The van der Waals surface area contributed by atoms with Crippen LogP contribution in [0.15, 0.2) is 23.1 Å². The average Bonchev–Trinajstić information content (AvgIpc) is 2.40. The molecule has 1 N–H and O–H groups in total. The van der Waals surface area contributed by atoms with Crippen LogP contribution in [0.4, 0.5) is 0 Å². The van der Waals surface area contributed by atoms with Crippen molar-refractivity contribution in [3.8, 4) is 0 Å². The van der Waals surface area contributed by atoms with Crippen LogP contribution in [0.25, 0.3) is 0 Å². The molecule has 12 heavy (non-hydrogen) atoms. The SMILES string of the molecule is COC1=C2CCCC=C2NC1=O. The molecular weight excluding hydrogens is 154 g/mol. The average molecular weight is 165 g/mol. The quantitative estimate of drug-likeness (QED) is 0.631. The predicted octanol–water partition coefficient (Wildman–Crippen LogP) is 1.08. The van der Waals surface area contributed by atoms with Gasteiger partial charge in [-0.1, -0.05) is 6.08 Å². The molecule has 1 aliphatic carbocycles. The third-order valence-electron chi connectivity index (χ3n) is 2.24. The van der Waals surface area contributed by atoms with E-state index in [2.05, 4.69) is 11.4 Å². The number of ether oxygens (including phenoxy) is 1. The summed E-state index contributed by atoms with van der Waals surface area (Å²) in [4.78, 5) is 11.2. The molecule has 2 rings (SSSR count). The van der Waals surface area contributed by atoms with Crippen LogP contribution in [-0.4, -0.2) is 13.0 Å². The molecule has 3 heteroatoms. The minimum atomic E-state index is -0.0966. The number of hydrogen-bond acceptors (Lipinski definition) is 2. The molecule has 0 saturated heterocycles. The zero-order valence-electron chi connectivity index (χ0n) is 7.02. The van der Waals surface area contributed by atoms with Crippen LogP contribution < -0.4 is 5.32 Å². The van der Waals surface area contributed by atoms with Crippen LogP contribution in [0.5, 0.6) is 0 Å². The molecule has 64 valence electrons. The summed E-state index contributed by atoms with van der Waals surface area (Å²) in [6.07, 6.45) is 5.17. The van der Waals surface area contributed by atoms with Crippen molar-refractivity contribution in [1.29, 1.82) is 0 Å². The lowest BCUT2D eigenvalue weighted by atomic mass is 10.00. The number of rotatable bonds is 1. The minimum Gasteiger partial charge on any atom is -0.491 e. The first-order chi connectivity index (χ1) is 5.83. The van der Waals surface area contributed by atoms with Crippen molar-refractivity contribution in [2.24, 2.45) is 0 Å². The van der Waals surface area contributed by atoms with Gasteiger partial charge in [0.15, 0.2) is 5.76 Å². The Morgan fingerprint density at radius 1 is 1.58 bits per heavy atom. The summed E-state index contributed by atoms with van der Waals surface area (Å²) in [5, 5.41) is 2.78. The summed E-state index contributed by atoms with van der Waals surface area (Å²) in [6, 6.07) is 0. The monoisotopic (exact) mass is 165 g/mol. The smallest absolute Gasteiger partial charge is 0.291 e. The summed E-state index contributed by atoms with van der Waals surface area (Å²) in [7, 11) is 1.54. The van der Waals surface area contributed by atoms with Gasteiger partial charge in [0, 0.05) is 11.3 Å². The van der Waals surface area contributed by atoms with Gasteiger partial charge in [0.1, 0.15) is 0 Å². The van der Waals surface area contributed by atoms with Gasteiger partial charge in [-0.3, -0.25) is 4.79 Å². The van der Waals surface area contributed by atoms with Crippen LogP contribution >= 0.6 is 0 Å². The minimum absolute atomic E-state index is 0.0966. The van der Waals surface area contributed by atoms with E-state index in [9.17, 15) is 4.79 Å². The number of fused-ring (bicyclic) bond motifs is 1. The summed E-state index contributed by atoms with van der Waals surface area (Å²) in [6.45, 7) is 0. The van der Waals surface area contributed by atoms with E-state index in [1.807, 2.05) is 0 Å². The molecule has 1 heterocycles. The Labute approximate surface area is 71.1 Å². The van der Waals surface area contributed by atoms with Gasteiger partial charge in [-0.15, -0.1) is 0 Å². The highest BCUT2D eigenvalue weighted by Crippen LogP contribution is 2.29. The molecule has 0 atom stereocenters. The fourth-order valence-electron chi connectivity index (χ4n) is 1.68. The van der Waals surface area contributed by atoms with Crippen LogP contribution in [0.1, 0.15) is 19.3 Å². The zero-order chi connectivity index (χ0) is 8.55. The number of nitrogens with one attached hydrogen (secondary N) is 1. The highest BCUT2D eigenvalue weighted by atomic mass is 16.5. The fourth-order valence-corrected chi connectivity index (χ4v) is 1.68. The maximum Gasteiger partial charge on any atom is 0.291 e. The van der Waals surface area contributed by atoms with Crippen LogP contribution in [-0.2, 0) is 9.53 Å². The van der Waals surface area contributed by atoms with Gasteiger partial charge in [0.05, 0.1) is 7.11 Å². The Kier molecular flexibility index (Phi) is 1.64. The van der Waals surface area contributed by atoms with E-state index in [0.29, 0.717) is 5.76 Å². The van der Waals surface area contributed by atoms with E-state index in [-0.39, 0.29) is 5.91 Å². The van der Waals surface area contributed by atoms with Crippen molar-refractivity contribution >= 4 is 5.91 Å². The Morgan fingerprint density at radius 2 is 2.42 bits per heavy atom. The Morgan fingerprint density at radius 3 is 3.17 bits per heavy atom. The number of allylic oxidation sites excluding steroid dienone is 2. The maximum atomic E-state index is 11.2. The van der Waals surface area contributed by atoms with Crippen LogP contribution in [0, 0.1) is 0 Å². The first-order valence-corrected chi connectivity index (χ1v) is 4.12. The zero-order valence-corrected chi connectivity index (χ0v) is 7.02. The molecule has 0 radical (unpaired) electrons. The molecule has 0 aromatic carbocycles. The number of methoxy groups -OCH3 is 1. The predicted molar refractivity (Wildman–Crippen MR) is 44.1 cm³/mol. The molecule has 0 aromatic rings. The van der Waals surface area contributed by atoms with Gasteiger partial charge in [0.25, 0.3) is 5.91 Å². The highest BCUT2D eigenvalue weighted by Gasteiger charge is 2.28. The Hall–Kier alpha value is -1.25. The summed E-state index contributed by atoms with van der Waals surface area (Å²) in [5.41, 5.74) is 2.01. The van der Waals surface area contributed by atoms with Gasteiger partial charge >= 0.3 is 0 Å². The van der Waals surface area contributed by atoms with Gasteiger partial charge in [0.2, 0.25) is 0 Å². The van der Waals surface area contributed by atoms with Crippen molar-refractivity contribution in [3.63, 3.8) is 0 Å². The normalized spacial score (nSPS) is 21.8. The lowest BCUT2D eigenvalue weighted by Gasteiger charge is -2.09. The van der Waals surface area contributed by atoms with E-state index in [4.69, 9.17) is 4.74 Å². The summed E-state index contributed by atoms with van der Waals surface area (Å²) in [5.74, 6) is 0.404. The van der Waals surface area contributed by atoms with Crippen molar-refractivity contribution < 1.29 is 9.53 Å². The lowest BCUT2D eigenvalue weighted by Crippen LogP contribution is -2.17. The molecule has 0 unspecified atom stereocenters.